The van der Waals surface area contributed by atoms with E-state index >= 15 is 0 Å². The van der Waals surface area contributed by atoms with Crippen LogP contribution in [0.15, 0.2) is 95.6 Å². The van der Waals surface area contributed by atoms with E-state index in [1.54, 1.807) is 12.1 Å². The molecule has 0 amide bonds. The van der Waals surface area contributed by atoms with Gasteiger partial charge in [0.1, 0.15) is 24.1 Å². The average molecular weight is 881 g/mol. The first kappa shape index (κ1) is 49.7. The van der Waals surface area contributed by atoms with Gasteiger partial charge in [-0.15, -0.1) is 0 Å². The molecular formula is C48H64O15. The van der Waals surface area contributed by atoms with Crippen LogP contribution in [0.1, 0.15) is 77.4 Å². The highest BCUT2D eigenvalue weighted by Crippen LogP contribution is 2.40. The Kier molecular flexibility index (Phi) is 19.0. The average Bonchev–Trinajstić information content (AvgIpc) is 4.00. The molecule has 6 rings (SSSR count). The fourth-order valence-electron chi connectivity index (χ4n) is 8.47. The minimum atomic E-state index is -1.24. The van der Waals surface area contributed by atoms with Gasteiger partial charge < -0.3 is 58.0 Å². The number of furan rings is 1. The lowest BCUT2D eigenvalue weighted by atomic mass is 9.84. The number of carbonyl (C=O) groups is 3. The van der Waals surface area contributed by atoms with E-state index in [1.165, 1.54) is 32.3 Å². The maximum absolute atomic E-state index is 12.6. The van der Waals surface area contributed by atoms with Crippen LogP contribution in [-0.2, 0) is 60.8 Å². The predicted molar refractivity (Wildman–Crippen MR) is 227 cm³/mol. The van der Waals surface area contributed by atoms with Crippen LogP contribution >= 0.6 is 0 Å². The molecule has 4 heterocycles. The lowest BCUT2D eigenvalue weighted by molar-refractivity contribution is -0.189. The van der Waals surface area contributed by atoms with Crippen molar-refractivity contribution in [3.05, 3.63) is 108 Å². The van der Waals surface area contributed by atoms with E-state index in [0.29, 0.717) is 26.2 Å². The number of rotatable bonds is 19. The first-order chi connectivity index (χ1) is 30.2. The molecule has 3 aliphatic rings. The monoisotopic (exact) mass is 880 g/mol. The molecule has 2 saturated heterocycles. The summed E-state index contributed by atoms with van der Waals surface area (Å²) in [5.41, 5.74) is 2.05. The number of hydrogen-bond donors (Lipinski definition) is 4. The summed E-state index contributed by atoms with van der Waals surface area (Å²) in [5, 5.41) is 40.2. The highest BCUT2D eigenvalue weighted by Gasteiger charge is 2.50. The molecule has 3 aliphatic heterocycles. The standard InChI is InChI=1S/C27H36O8.C21H28O7/c1-16(14-31-19(4)28)13-23-27(32-15-21-9-7-6-8-10-21)18(3)25(34-23)17(2)26-22(30)11-12-24(35-26)33-20(5)29;1-13-20(27-12-14-6-3-2-4-7-14)17(10-15(23)11-22)28-21(13)19(25)18(24)16-8-5-9-26-16/h6-12,16-18,23-27H,13-15H2,1-5H3;2-9,13,15,17-25H,10-12H2,1H3/t16-,17+,18+,23-,24?,25+,26-,27-;13-,15-,17-,18+,19-,20-,21-/m11/s1. The summed E-state index contributed by atoms with van der Waals surface area (Å²) >= 11 is 0. The van der Waals surface area contributed by atoms with Crippen molar-refractivity contribution in [3.8, 4) is 0 Å². The van der Waals surface area contributed by atoms with Gasteiger partial charge in [-0.25, -0.2) is 0 Å². The van der Waals surface area contributed by atoms with Crippen molar-refractivity contribution in [2.75, 3.05) is 13.2 Å². The van der Waals surface area contributed by atoms with E-state index in [-0.39, 0.29) is 72.5 Å². The Morgan fingerprint density at radius 2 is 1.32 bits per heavy atom. The molecule has 15 heteroatoms. The lowest BCUT2D eigenvalue weighted by Gasteiger charge is -2.33. The highest BCUT2D eigenvalue weighted by atomic mass is 16.7. The molecule has 2 fully saturated rings. The fourth-order valence-corrected chi connectivity index (χ4v) is 8.47. The predicted octanol–water partition coefficient (Wildman–Crippen LogP) is 5.02. The lowest BCUT2D eigenvalue weighted by Crippen LogP contribution is -2.44. The quantitative estimate of drug-likeness (QED) is 0.117. The van der Waals surface area contributed by atoms with Crippen molar-refractivity contribution in [2.45, 2.75) is 135 Å². The van der Waals surface area contributed by atoms with Crippen LogP contribution in [0.3, 0.4) is 0 Å². The number of aliphatic hydroxyl groups excluding tert-OH is 4. The Hall–Kier alpha value is -4.29. The molecule has 1 unspecified atom stereocenters. The summed E-state index contributed by atoms with van der Waals surface area (Å²) in [4.78, 5) is 35.2. The first-order valence-corrected chi connectivity index (χ1v) is 21.6. The van der Waals surface area contributed by atoms with Gasteiger partial charge in [0.25, 0.3) is 0 Å². The van der Waals surface area contributed by atoms with Gasteiger partial charge in [0.15, 0.2) is 5.78 Å². The SMILES string of the molecule is CC(=O)OC[C@H](C)C[C@H]1O[C@@H]([C@H](C)[C@H]2OC(OC(C)=O)C=CC2=O)[C@H](C)[C@H]1OCc1ccccc1.C[C@H]1[C@H]([C@H](O)[C@@H](O)c2ccco2)O[C@H](C[C@@H](O)CO)[C@@H]1OCc1ccccc1. The van der Waals surface area contributed by atoms with Crippen LogP contribution in [0.2, 0.25) is 0 Å². The second-order valence-corrected chi connectivity index (χ2v) is 16.8. The maximum atomic E-state index is 12.6. The number of hydrogen-bond acceptors (Lipinski definition) is 15. The third-order valence-corrected chi connectivity index (χ3v) is 11.7. The Morgan fingerprint density at radius 1 is 0.746 bits per heavy atom. The summed E-state index contributed by atoms with van der Waals surface area (Å²) in [6.07, 6.45) is -2.48. The third kappa shape index (κ3) is 14.1. The number of esters is 2. The topological polar surface area (TPSA) is 210 Å². The largest absolute Gasteiger partial charge is 0.466 e. The molecule has 0 aliphatic carbocycles. The second kappa shape index (κ2) is 24.1. The molecule has 346 valence electrons. The van der Waals surface area contributed by atoms with Crippen LogP contribution < -0.4 is 0 Å². The maximum Gasteiger partial charge on any atom is 0.305 e. The number of ether oxygens (including phenoxy) is 7. The van der Waals surface area contributed by atoms with Crippen molar-refractivity contribution in [2.24, 2.45) is 23.7 Å². The van der Waals surface area contributed by atoms with Gasteiger partial charge in [-0.3, -0.25) is 14.4 Å². The van der Waals surface area contributed by atoms with E-state index < -0.39 is 55.0 Å². The van der Waals surface area contributed by atoms with Gasteiger partial charge >= 0.3 is 11.9 Å². The fraction of sp³-hybridized carbons (Fsp3) is 0.562. The van der Waals surface area contributed by atoms with E-state index in [0.717, 1.165) is 11.1 Å². The molecule has 0 bridgehead atoms. The zero-order chi connectivity index (χ0) is 45.6. The molecule has 63 heavy (non-hydrogen) atoms. The van der Waals surface area contributed by atoms with Crippen LogP contribution in [-0.4, -0.2) is 113 Å². The van der Waals surface area contributed by atoms with E-state index in [9.17, 15) is 34.8 Å². The molecule has 3 aromatic rings. The molecule has 1 aromatic heterocycles. The number of ketones is 1. The zero-order valence-corrected chi connectivity index (χ0v) is 36.8. The van der Waals surface area contributed by atoms with Crippen LogP contribution in [0.25, 0.3) is 0 Å². The van der Waals surface area contributed by atoms with Gasteiger partial charge in [0.2, 0.25) is 6.29 Å². The Bertz CT molecular complexity index is 1860. The van der Waals surface area contributed by atoms with Crippen molar-refractivity contribution >= 4 is 17.7 Å². The molecule has 15 nitrogen and oxygen atoms in total. The van der Waals surface area contributed by atoms with Crippen molar-refractivity contribution in [1.29, 1.82) is 0 Å². The molecule has 15 atom stereocenters. The minimum Gasteiger partial charge on any atom is -0.466 e. The van der Waals surface area contributed by atoms with Gasteiger partial charge in [0.05, 0.1) is 75.4 Å². The van der Waals surface area contributed by atoms with Gasteiger partial charge in [-0.2, -0.15) is 0 Å². The van der Waals surface area contributed by atoms with E-state index in [4.69, 9.17) is 37.6 Å². The third-order valence-electron chi connectivity index (χ3n) is 11.7. The zero-order valence-electron chi connectivity index (χ0n) is 36.8. The smallest absolute Gasteiger partial charge is 0.305 e. The molecule has 0 spiro atoms. The van der Waals surface area contributed by atoms with Gasteiger partial charge in [-0.1, -0.05) is 88.4 Å². The second-order valence-electron chi connectivity index (χ2n) is 16.8. The number of benzene rings is 2. The van der Waals surface area contributed by atoms with Gasteiger partial charge in [0, 0.05) is 38.0 Å². The first-order valence-electron chi connectivity index (χ1n) is 21.6. The summed E-state index contributed by atoms with van der Waals surface area (Å²) in [6.45, 7) is 11.2. The Labute approximate surface area is 369 Å². The van der Waals surface area contributed by atoms with Crippen molar-refractivity contribution < 1.29 is 72.4 Å². The van der Waals surface area contributed by atoms with Crippen LogP contribution in [0.4, 0.5) is 0 Å². The Balaban J connectivity index is 0.000000243. The van der Waals surface area contributed by atoms with Gasteiger partial charge in [-0.05, 0) is 47.8 Å². The molecule has 0 radical (unpaired) electrons. The van der Waals surface area contributed by atoms with E-state index in [1.807, 2.05) is 81.4 Å². The van der Waals surface area contributed by atoms with E-state index in [2.05, 4.69) is 6.92 Å². The molecule has 2 aromatic carbocycles. The summed E-state index contributed by atoms with van der Waals surface area (Å²) in [6, 6.07) is 22.8. The summed E-state index contributed by atoms with van der Waals surface area (Å²) < 4.78 is 46.2. The van der Waals surface area contributed by atoms with Crippen molar-refractivity contribution in [1.82, 2.24) is 0 Å². The summed E-state index contributed by atoms with van der Waals surface area (Å²) in [7, 11) is 0. The number of carbonyl (C=O) groups excluding carboxylic acids is 3. The molecule has 4 N–H and O–H groups in total. The Morgan fingerprint density at radius 3 is 1.86 bits per heavy atom. The normalized spacial score (nSPS) is 29.2. The minimum absolute atomic E-state index is 0.0332. The highest BCUT2D eigenvalue weighted by molar-refractivity contribution is 5.94. The van der Waals surface area contributed by atoms with Crippen LogP contribution in [0, 0.1) is 23.7 Å². The number of aliphatic hydroxyl groups is 4. The van der Waals surface area contributed by atoms with Crippen LogP contribution in [0.5, 0.6) is 0 Å². The summed E-state index contributed by atoms with van der Waals surface area (Å²) in [5.74, 6) is -1.26. The van der Waals surface area contributed by atoms with Crippen molar-refractivity contribution in [3.63, 3.8) is 0 Å². The molecule has 0 saturated carbocycles. The molecular weight excluding hydrogens is 817 g/mol.